The molecule has 162 valence electrons. The van der Waals surface area contributed by atoms with Gasteiger partial charge in [0, 0.05) is 5.70 Å². The van der Waals surface area contributed by atoms with E-state index in [0.717, 1.165) is 11.4 Å². The van der Waals surface area contributed by atoms with E-state index in [1.165, 1.54) is 11.8 Å². The lowest BCUT2D eigenvalue weighted by Crippen LogP contribution is -2.16. The summed E-state index contributed by atoms with van der Waals surface area (Å²) in [6.07, 6.45) is 1.87. The van der Waals surface area contributed by atoms with Crippen LogP contribution in [0.4, 0.5) is 17.1 Å². The molecule has 7 nitrogen and oxygen atoms in total. The Kier molecular flexibility index (Phi) is 8.12. The number of aliphatic imine (C=N–C) groups is 1. The summed E-state index contributed by atoms with van der Waals surface area (Å²) >= 11 is 1.29. The first kappa shape index (κ1) is 22.4. The summed E-state index contributed by atoms with van der Waals surface area (Å²) in [5.74, 6) is 0.288. The highest BCUT2D eigenvalue weighted by atomic mass is 32.2. The monoisotopic (exact) mass is 439 g/mol. The predicted octanol–water partition coefficient (Wildman–Crippen LogP) is 4.75. The smallest absolute Gasteiger partial charge is 0.311 e. The van der Waals surface area contributed by atoms with E-state index in [0.29, 0.717) is 35.4 Å². The van der Waals surface area contributed by atoms with Crippen LogP contribution in [-0.4, -0.2) is 35.9 Å². The second-order valence-corrected chi connectivity index (χ2v) is 7.51. The SMILES string of the molecule is CCOC(=O)CC1=CC(SCC(=O)Nc2ccccc2OCC)=Nc2ccccc2N1. The third-order valence-electron chi connectivity index (χ3n) is 4.18. The maximum Gasteiger partial charge on any atom is 0.311 e. The van der Waals surface area contributed by atoms with E-state index >= 15 is 0 Å². The van der Waals surface area contributed by atoms with Crippen LogP contribution in [0, 0.1) is 0 Å². The van der Waals surface area contributed by atoms with Gasteiger partial charge >= 0.3 is 5.97 Å². The fraction of sp³-hybridized carbons (Fsp3) is 0.261. The second-order valence-electron chi connectivity index (χ2n) is 6.51. The van der Waals surface area contributed by atoms with Crippen LogP contribution in [-0.2, 0) is 14.3 Å². The number of carbonyl (C=O) groups excluding carboxylic acids is 2. The van der Waals surface area contributed by atoms with Crippen LogP contribution in [0.1, 0.15) is 20.3 Å². The van der Waals surface area contributed by atoms with Crippen LogP contribution in [0.15, 0.2) is 65.3 Å². The van der Waals surface area contributed by atoms with Gasteiger partial charge in [0.25, 0.3) is 0 Å². The molecule has 0 spiro atoms. The quantitative estimate of drug-likeness (QED) is 0.577. The van der Waals surface area contributed by atoms with E-state index in [-0.39, 0.29) is 24.1 Å². The molecule has 0 saturated carbocycles. The zero-order valence-corrected chi connectivity index (χ0v) is 18.3. The molecular weight excluding hydrogens is 414 g/mol. The number of anilines is 2. The van der Waals surface area contributed by atoms with Crippen LogP contribution in [0.5, 0.6) is 5.75 Å². The molecule has 2 aromatic carbocycles. The van der Waals surface area contributed by atoms with E-state index < -0.39 is 0 Å². The molecule has 2 aromatic rings. The van der Waals surface area contributed by atoms with Crippen LogP contribution >= 0.6 is 11.8 Å². The molecule has 0 unspecified atom stereocenters. The topological polar surface area (TPSA) is 89.0 Å². The molecule has 0 bridgehead atoms. The number of amides is 1. The summed E-state index contributed by atoms with van der Waals surface area (Å²) < 4.78 is 10.6. The Hall–Kier alpha value is -3.26. The molecule has 31 heavy (non-hydrogen) atoms. The third kappa shape index (κ3) is 6.62. The first-order valence-electron chi connectivity index (χ1n) is 10.0. The Bertz CT molecular complexity index is 1000. The molecule has 0 aromatic heterocycles. The highest BCUT2D eigenvalue weighted by Gasteiger charge is 2.16. The molecule has 1 heterocycles. The summed E-state index contributed by atoms with van der Waals surface area (Å²) in [5.41, 5.74) is 2.83. The number of benzene rings is 2. The van der Waals surface area contributed by atoms with Crippen molar-refractivity contribution in [3.63, 3.8) is 0 Å². The van der Waals surface area contributed by atoms with Crippen molar-refractivity contribution in [3.05, 3.63) is 60.3 Å². The normalized spacial score (nSPS) is 12.5. The molecule has 1 aliphatic rings. The third-order valence-corrected chi connectivity index (χ3v) is 5.09. The molecular formula is C23H25N3O4S. The summed E-state index contributed by atoms with van der Waals surface area (Å²) in [5, 5.41) is 6.75. The van der Waals surface area contributed by atoms with Crippen molar-refractivity contribution >= 4 is 45.7 Å². The summed E-state index contributed by atoms with van der Waals surface area (Å²) in [7, 11) is 0. The van der Waals surface area contributed by atoms with Gasteiger partial charge in [-0.3, -0.25) is 9.59 Å². The minimum absolute atomic E-state index is 0.0929. The fourth-order valence-corrected chi connectivity index (χ4v) is 3.64. The number of hydrogen-bond donors (Lipinski definition) is 2. The van der Waals surface area contributed by atoms with Crippen molar-refractivity contribution in [2.24, 2.45) is 4.99 Å². The number of rotatable bonds is 8. The van der Waals surface area contributed by atoms with Gasteiger partial charge in [-0.25, -0.2) is 4.99 Å². The zero-order chi connectivity index (χ0) is 22.1. The molecule has 3 rings (SSSR count). The number of esters is 1. The lowest BCUT2D eigenvalue weighted by molar-refractivity contribution is -0.142. The van der Waals surface area contributed by atoms with Gasteiger partial charge < -0.3 is 20.1 Å². The molecule has 0 aliphatic carbocycles. The first-order chi connectivity index (χ1) is 15.1. The van der Waals surface area contributed by atoms with Crippen LogP contribution < -0.4 is 15.4 Å². The Labute approximate surface area is 185 Å². The second kappa shape index (κ2) is 11.2. The molecule has 1 amide bonds. The Morgan fingerprint density at radius 3 is 2.65 bits per heavy atom. The van der Waals surface area contributed by atoms with E-state index in [2.05, 4.69) is 15.6 Å². The number of para-hydroxylation sites is 4. The van der Waals surface area contributed by atoms with Gasteiger partial charge in [-0.1, -0.05) is 36.0 Å². The van der Waals surface area contributed by atoms with Crippen LogP contribution in [0.3, 0.4) is 0 Å². The Morgan fingerprint density at radius 2 is 1.84 bits per heavy atom. The van der Waals surface area contributed by atoms with Gasteiger partial charge in [-0.15, -0.1) is 0 Å². The zero-order valence-electron chi connectivity index (χ0n) is 17.5. The number of nitrogens with zero attached hydrogens (tertiary/aromatic N) is 1. The number of hydrogen-bond acceptors (Lipinski definition) is 7. The van der Waals surface area contributed by atoms with Gasteiger partial charge in [0.05, 0.1) is 47.5 Å². The fourth-order valence-electron chi connectivity index (χ4n) is 2.90. The minimum Gasteiger partial charge on any atom is -0.492 e. The van der Waals surface area contributed by atoms with Crippen LogP contribution in [0.25, 0.3) is 0 Å². The maximum atomic E-state index is 12.5. The number of nitrogens with one attached hydrogen (secondary N) is 2. The van der Waals surface area contributed by atoms with Crippen LogP contribution in [0.2, 0.25) is 0 Å². The van der Waals surface area contributed by atoms with Crippen molar-refractivity contribution in [1.29, 1.82) is 0 Å². The Morgan fingerprint density at radius 1 is 1.06 bits per heavy atom. The van der Waals surface area contributed by atoms with Crippen molar-refractivity contribution < 1.29 is 19.1 Å². The van der Waals surface area contributed by atoms with Crippen molar-refractivity contribution in [3.8, 4) is 5.75 Å². The van der Waals surface area contributed by atoms with Crippen molar-refractivity contribution in [2.45, 2.75) is 20.3 Å². The van der Waals surface area contributed by atoms with Crippen molar-refractivity contribution in [1.82, 2.24) is 0 Å². The highest BCUT2D eigenvalue weighted by molar-refractivity contribution is 8.14. The molecule has 8 heteroatoms. The number of thioether (sulfide) groups is 1. The first-order valence-corrected chi connectivity index (χ1v) is 11.0. The van der Waals surface area contributed by atoms with Gasteiger partial charge in [-0.05, 0) is 44.2 Å². The minimum atomic E-state index is -0.324. The van der Waals surface area contributed by atoms with Gasteiger partial charge in [0.15, 0.2) is 0 Å². The van der Waals surface area contributed by atoms with Gasteiger partial charge in [-0.2, -0.15) is 0 Å². The number of fused-ring (bicyclic) bond motifs is 1. The molecule has 0 fully saturated rings. The van der Waals surface area contributed by atoms with E-state index in [4.69, 9.17) is 9.47 Å². The Balaban J connectivity index is 1.71. The number of carbonyl (C=O) groups is 2. The van der Waals surface area contributed by atoms with E-state index in [1.54, 1.807) is 19.1 Å². The largest absolute Gasteiger partial charge is 0.492 e. The van der Waals surface area contributed by atoms with Crippen molar-refractivity contribution in [2.75, 3.05) is 29.6 Å². The molecule has 0 saturated heterocycles. The summed E-state index contributed by atoms with van der Waals surface area (Å²) in [6.45, 7) is 4.50. The summed E-state index contributed by atoms with van der Waals surface area (Å²) in [6, 6.07) is 14.9. The number of ether oxygens (including phenoxy) is 2. The van der Waals surface area contributed by atoms with Gasteiger partial charge in [0.1, 0.15) is 5.75 Å². The molecule has 0 atom stereocenters. The lowest BCUT2D eigenvalue weighted by Gasteiger charge is -2.11. The lowest BCUT2D eigenvalue weighted by atomic mass is 10.2. The van der Waals surface area contributed by atoms with Gasteiger partial charge in [0.2, 0.25) is 5.91 Å². The summed E-state index contributed by atoms with van der Waals surface area (Å²) in [4.78, 5) is 29.2. The average molecular weight is 440 g/mol. The average Bonchev–Trinajstić information content (AvgIpc) is 2.92. The molecule has 0 radical (unpaired) electrons. The molecule has 1 aliphatic heterocycles. The molecule has 2 N–H and O–H groups in total. The van der Waals surface area contributed by atoms with E-state index in [9.17, 15) is 9.59 Å². The highest BCUT2D eigenvalue weighted by Crippen LogP contribution is 2.31. The standard InChI is InChI=1S/C23H25N3O4S/c1-3-29-20-12-8-7-11-19(20)25-21(27)15-31-22-13-16(14-23(28)30-4-2)24-17-9-5-6-10-18(17)26-22/h5-13,24H,3-4,14-15H2,1-2H3,(H,25,27). The predicted molar refractivity (Wildman–Crippen MR) is 125 cm³/mol. The maximum absolute atomic E-state index is 12.5. The van der Waals surface area contributed by atoms with E-state index in [1.807, 2.05) is 49.4 Å².